The predicted octanol–water partition coefficient (Wildman–Crippen LogP) is 1.84. The van der Waals surface area contributed by atoms with E-state index in [0.29, 0.717) is 38.1 Å². The van der Waals surface area contributed by atoms with Gasteiger partial charge in [0.15, 0.2) is 5.96 Å². The molecule has 2 saturated heterocycles. The van der Waals surface area contributed by atoms with Crippen molar-refractivity contribution in [3.05, 3.63) is 30.3 Å². The Bertz CT molecular complexity index is 665. The van der Waals surface area contributed by atoms with E-state index in [4.69, 9.17) is 4.74 Å². The lowest BCUT2D eigenvalue weighted by atomic mass is 10.3. The number of guanidine groups is 1. The Labute approximate surface area is 201 Å². The monoisotopic (exact) mass is 547 g/mol. The first-order valence-electron chi connectivity index (χ1n) is 10.4. The number of aliphatic imine (C=N–C) groups is 1. The summed E-state index contributed by atoms with van der Waals surface area (Å²) in [6.45, 7) is 9.87. The highest BCUT2D eigenvalue weighted by molar-refractivity contribution is 14.0. The van der Waals surface area contributed by atoms with Crippen molar-refractivity contribution in [3.8, 4) is 0 Å². The van der Waals surface area contributed by atoms with Gasteiger partial charge in [-0.1, -0.05) is 25.1 Å². The second kappa shape index (κ2) is 13.4. The Morgan fingerprint density at radius 1 is 1.10 bits per heavy atom. The molecule has 1 atom stereocenters. The van der Waals surface area contributed by atoms with Gasteiger partial charge in [0.25, 0.3) is 0 Å². The van der Waals surface area contributed by atoms with Crippen LogP contribution >= 0.6 is 35.7 Å². The van der Waals surface area contributed by atoms with Crippen LogP contribution < -0.4 is 5.32 Å². The normalized spacial score (nSPS) is 19.2. The van der Waals surface area contributed by atoms with Crippen molar-refractivity contribution in [2.24, 2.45) is 4.99 Å². The van der Waals surface area contributed by atoms with Crippen LogP contribution in [0.4, 0.5) is 0 Å². The highest BCUT2D eigenvalue weighted by atomic mass is 127. The van der Waals surface area contributed by atoms with Crippen molar-refractivity contribution in [3.63, 3.8) is 0 Å². The predicted molar refractivity (Wildman–Crippen MR) is 134 cm³/mol. The SMILES string of the molecule is CN=C(NCC(C)Sc1ccccc1)N1CCN(CC(=O)N2CCOCC2)CC1.I. The van der Waals surface area contributed by atoms with Gasteiger partial charge in [-0.25, -0.2) is 0 Å². The first-order chi connectivity index (χ1) is 14.2. The highest BCUT2D eigenvalue weighted by Crippen LogP contribution is 2.22. The molecule has 1 aromatic carbocycles. The zero-order valence-corrected chi connectivity index (χ0v) is 21.1. The van der Waals surface area contributed by atoms with E-state index in [1.54, 1.807) is 0 Å². The third-order valence-electron chi connectivity index (χ3n) is 5.23. The summed E-state index contributed by atoms with van der Waals surface area (Å²) in [7, 11) is 1.84. The van der Waals surface area contributed by atoms with Gasteiger partial charge in [-0.3, -0.25) is 14.7 Å². The van der Waals surface area contributed by atoms with Crippen molar-refractivity contribution < 1.29 is 9.53 Å². The van der Waals surface area contributed by atoms with Gasteiger partial charge in [-0.2, -0.15) is 0 Å². The lowest BCUT2D eigenvalue weighted by Gasteiger charge is -2.37. The number of amides is 1. The van der Waals surface area contributed by atoms with Crippen molar-refractivity contribution in [2.45, 2.75) is 17.1 Å². The fraction of sp³-hybridized carbons (Fsp3) is 0.619. The van der Waals surface area contributed by atoms with E-state index in [-0.39, 0.29) is 29.9 Å². The molecule has 2 aliphatic heterocycles. The average Bonchev–Trinajstić information content (AvgIpc) is 2.76. The van der Waals surface area contributed by atoms with Crippen LogP contribution in [0.1, 0.15) is 6.92 Å². The van der Waals surface area contributed by atoms with Gasteiger partial charge >= 0.3 is 0 Å². The average molecular weight is 548 g/mol. The smallest absolute Gasteiger partial charge is 0.236 e. The summed E-state index contributed by atoms with van der Waals surface area (Å²) in [6.07, 6.45) is 0. The Kier molecular flexibility index (Phi) is 11.3. The maximum Gasteiger partial charge on any atom is 0.236 e. The Morgan fingerprint density at radius 2 is 1.77 bits per heavy atom. The molecular weight excluding hydrogens is 513 g/mol. The number of carbonyl (C=O) groups excluding carboxylic acids is 1. The van der Waals surface area contributed by atoms with Crippen LogP contribution in [0.15, 0.2) is 40.2 Å². The van der Waals surface area contributed by atoms with Crippen LogP contribution in [0.5, 0.6) is 0 Å². The minimum atomic E-state index is 0. The van der Waals surface area contributed by atoms with Gasteiger partial charge in [-0.05, 0) is 12.1 Å². The number of halogens is 1. The summed E-state index contributed by atoms with van der Waals surface area (Å²) in [5.74, 6) is 1.17. The number of nitrogens with zero attached hydrogens (tertiary/aromatic N) is 4. The molecule has 0 saturated carbocycles. The Balaban J connectivity index is 0.00000320. The van der Waals surface area contributed by atoms with E-state index in [2.05, 4.69) is 51.3 Å². The molecule has 0 bridgehead atoms. The molecule has 1 N–H and O–H groups in total. The van der Waals surface area contributed by atoms with Crippen LogP contribution in [-0.2, 0) is 9.53 Å². The van der Waals surface area contributed by atoms with E-state index in [9.17, 15) is 4.79 Å². The molecule has 30 heavy (non-hydrogen) atoms. The van der Waals surface area contributed by atoms with Gasteiger partial charge in [0.2, 0.25) is 5.91 Å². The van der Waals surface area contributed by atoms with Gasteiger partial charge in [0, 0.05) is 63.0 Å². The molecule has 1 unspecified atom stereocenters. The maximum atomic E-state index is 12.4. The molecule has 3 rings (SSSR count). The minimum Gasteiger partial charge on any atom is -0.378 e. The molecule has 0 aromatic heterocycles. The first kappa shape index (κ1) is 25.2. The fourth-order valence-corrected chi connectivity index (χ4v) is 4.51. The molecule has 0 radical (unpaired) electrons. The quantitative estimate of drug-likeness (QED) is 0.254. The van der Waals surface area contributed by atoms with E-state index < -0.39 is 0 Å². The van der Waals surface area contributed by atoms with Crippen LogP contribution in [0.2, 0.25) is 0 Å². The number of carbonyl (C=O) groups is 1. The lowest BCUT2D eigenvalue weighted by Crippen LogP contribution is -2.55. The number of morpholine rings is 1. The molecule has 0 aliphatic carbocycles. The van der Waals surface area contributed by atoms with Gasteiger partial charge in [-0.15, -0.1) is 35.7 Å². The Morgan fingerprint density at radius 3 is 2.40 bits per heavy atom. The van der Waals surface area contributed by atoms with Crippen molar-refractivity contribution >= 4 is 47.6 Å². The van der Waals surface area contributed by atoms with Crippen molar-refractivity contribution in [2.75, 3.05) is 72.6 Å². The molecule has 1 aromatic rings. The van der Waals surface area contributed by atoms with Crippen LogP contribution in [0, 0.1) is 0 Å². The summed E-state index contributed by atoms with van der Waals surface area (Å²) >= 11 is 1.87. The molecule has 9 heteroatoms. The van der Waals surface area contributed by atoms with Gasteiger partial charge < -0.3 is 19.9 Å². The zero-order valence-electron chi connectivity index (χ0n) is 18.0. The summed E-state index contributed by atoms with van der Waals surface area (Å²) in [5.41, 5.74) is 0. The molecular formula is C21H34IN5O2S. The number of piperazine rings is 1. The van der Waals surface area contributed by atoms with E-state index in [1.165, 1.54) is 4.90 Å². The molecule has 168 valence electrons. The van der Waals surface area contributed by atoms with E-state index in [0.717, 1.165) is 38.7 Å². The molecule has 2 aliphatic rings. The first-order valence-corrected chi connectivity index (χ1v) is 11.3. The van der Waals surface area contributed by atoms with Gasteiger partial charge in [0.1, 0.15) is 0 Å². The lowest BCUT2D eigenvalue weighted by molar-refractivity contribution is -0.136. The minimum absolute atomic E-state index is 0. The van der Waals surface area contributed by atoms with Crippen LogP contribution in [-0.4, -0.2) is 104 Å². The maximum absolute atomic E-state index is 12.4. The third kappa shape index (κ3) is 7.90. The second-order valence-corrected chi connectivity index (χ2v) is 8.94. The number of hydrogen-bond donors (Lipinski definition) is 1. The Hall–Kier alpha value is -1.04. The standard InChI is InChI=1S/C21H33N5O2S.HI/c1-18(29-19-6-4-3-5-7-19)16-23-21(22-2)26-10-8-24(9-11-26)17-20(27)25-12-14-28-15-13-25;/h3-7,18H,8-17H2,1-2H3,(H,22,23);1H. The number of benzene rings is 1. The largest absolute Gasteiger partial charge is 0.378 e. The molecule has 2 fully saturated rings. The summed E-state index contributed by atoms with van der Waals surface area (Å²) in [4.78, 5) is 24.6. The molecule has 7 nitrogen and oxygen atoms in total. The summed E-state index contributed by atoms with van der Waals surface area (Å²) in [5, 5.41) is 3.96. The van der Waals surface area contributed by atoms with E-state index >= 15 is 0 Å². The third-order valence-corrected chi connectivity index (χ3v) is 6.35. The van der Waals surface area contributed by atoms with Crippen molar-refractivity contribution in [1.29, 1.82) is 0 Å². The molecule has 1 amide bonds. The fourth-order valence-electron chi connectivity index (χ4n) is 3.56. The molecule has 2 heterocycles. The zero-order chi connectivity index (χ0) is 20.5. The summed E-state index contributed by atoms with van der Waals surface area (Å²) in [6, 6.07) is 10.5. The molecule has 0 spiro atoms. The summed E-state index contributed by atoms with van der Waals surface area (Å²) < 4.78 is 5.33. The van der Waals surface area contributed by atoms with Crippen molar-refractivity contribution in [1.82, 2.24) is 20.0 Å². The van der Waals surface area contributed by atoms with E-state index in [1.807, 2.05) is 29.8 Å². The number of ether oxygens (including phenoxy) is 1. The van der Waals surface area contributed by atoms with Crippen LogP contribution in [0.3, 0.4) is 0 Å². The number of thioether (sulfide) groups is 1. The van der Waals surface area contributed by atoms with Gasteiger partial charge in [0.05, 0.1) is 19.8 Å². The number of nitrogens with one attached hydrogen (secondary N) is 1. The van der Waals surface area contributed by atoms with Crippen LogP contribution in [0.25, 0.3) is 0 Å². The number of rotatable bonds is 6. The topological polar surface area (TPSA) is 60.4 Å². The number of hydrogen-bond acceptors (Lipinski definition) is 5. The highest BCUT2D eigenvalue weighted by Gasteiger charge is 2.24. The second-order valence-electron chi connectivity index (χ2n) is 7.43.